The van der Waals surface area contributed by atoms with Crippen molar-refractivity contribution >= 4 is 46.2 Å². The average molecular weight is 822 g/mol. The Morgan fingerprint density at radius 1 is 0.650 bits per heavy atom. The van der Waals surface area contributed by atoms with E-state index in [1.807, 2.05) is 113 Å². The van der Waals surface area contributed by atoms with Crippen LogP contribution in [-0.2, 0) is 19.0 Å². The molecule has 9 heteroatoms. The Balaban J connectivity index is 1.33. The van der Waals surface area contributed by atoms with Crippen molar-refractivity contribution in [1.29, 1.82) is 0 Å². The summed E-state index contributed by atoms with van der Waals surface area (Å²) in [5, 5.41) is 8.80. The molecule has 0 saturated carbocycles. The Kier molecular flexibility index (Phi) is 14.2. The van der Waals surface area contributed by atoms with Gasteiger partial charge >= 0.3 is 12.1 Å². The highest BCUT2D eigenvalue weighted by Crippen LogP contribution is 2.48. The third-order valence-electron chi connectivity index (χ3n) is 10.3. The maximum absolute atomic E-state index is 14.5. The second-order valence-corrected chi connectivity index (χ2v) is 17.7. The molecule has 0 aliphatic heterocycles. The van der Waals surface area contributed by atoms with Gasteiger partial charge in [-0.2, -0.15) is 0 Å². The molecule has 0 bridgehead atoms. The van der Waals surface area contributed by atoms with Crippen molar-refractivity contribution in [3.05, 3.63) is 186 Å². The predicted octanol–water partition coefficient (Wildman–Crippen LogP) is 10.4. The molecule has 0 aromatic heterocycles. The minimum atomic E-state index is -1.00. The van der Waals surface area contributed by atoms with E-state index in [-0.39, 0.29) is 12.3 Å². The number of methoxy groups -OCH3 is 1. The zero-order chi connectivity index (χ0) is 42.8. The number of amides is 2. The summed E-state index contributed by atoms with van der Waals surface area (Å²) < 4.78 is 10.6. The van der Waals surface area contributed by atoms with Crippen LogP contribution in [0.1, 0.15) is 68.1 Å². The SMILES string of the molecule is COC(=O)[C@H](CC(C)(C)NC[C@H](CSC(c1ccccc1)(c1ccccc1)c1ccccc1)NC(=O)OC(C)(C)C)N(C(=O)c1ccccc1)c1ccc2ccccc2c1. The first-order valence-electron chi connectivity index (χ1n) is 20.3. The van der Waals surface area contributed by atoms with Crippen LogP contribution in [0.4, 0.5) is 10.5 Å². The van der Waals surface area contributed by atoms with Gasteiger partial charge in [-0.05, 0) is 92.8 Å². The molecule has 2 amide bonds. The van der Waals surface area contributed by atoms with Crippen LogP contribution >= 0.6 is 11.8 Å². The number of alkyl carbamates (subject to hydrolysis) is 1. The van der Waals surface area contributed by atoms with E-state index in [4.69, 9.17) is 9.47 Å². The van der Waals surface area contributed by atoms with E-state index in [0.717, 1.165) is 27.5 Å². The molecule has 0 unspecified atom stereocenters. The summed E-state index contributed by atoms with van der Waals surface area (Å²) in [6.45, 7) is 9.84. The molecule has 2 atom stereocenters. The van der Waals surface area contributed by atoms with Gasteiger partial charge in [0.25, 0.3) is 5.91 Å². The fraction of sp³-hybridized carbons (Fsp3) is 0.275. The summed E-state index contributed by atoms with van der Waals surface area (Å²) in [6, 6.07) is 52.5. The zero-order valence-electron chi connectivity index (χ0n) is 35.3. The molecule has 0 aliphatic rings. The minimum absolute atomic E-state index is 0.194. The first-order valence-corrected chi connectivity index (χ1v) is 21.3. The highest BCUT2D eigenvalue weighted by atomic mass is 32.2. The molecule has 0 spiro atoms. The number of carbonyl (C=O) groups is 3. The average Bonchev–Trinajstić information content (AvgIpc) is 3.25. The van der Waals surface area contributed by atoms with E-state index >= 15 is 0 Å². The number of fused-ring (bicyclic) bond motifs is 1. The molecular formula is C51H55N3O5S. The number of hydrogen-bond donors (Lipinski definition) is 2. The van der Waals surface area contributed by atoms with Gasteiger partial charge in [-0.1, -0.05) is 140 Å². The van der Waals surface area contributed by atoms with Crippen LogP contribution in [0.15, 0.2) is 164 Å². The van der Waals surface area contributed by atoms with Crippen LogP contribution in [0.2, 0.25) is 0 Å². The minimum Gasteiger partial charge on any atom is -0.467 e. The van der Waals surface area contributed by atoms with Crippen LogP contribution in [0.3, 0.4) is 0 Å². The third-order valence-corrected chi connectivity index (χ3v) is 12.0. The van der Waals surface area contributed by atoms with Gasteiger partial charge in [0, 0.05) is 29.1 Å². The number of carbonyl (C=O) groups excluding carboxylic acids is 3. The monoisotopic (exact) mass is 821 g/mol. The van der Waals surface area contributed by atoms with Crippen molar-refractivity contribution < 1.29 is 23.9 Å². The van der Waals surface area contributed by atoms with Crippen LogP contribution < -0.4 is 15.5 Å². The Bertz CT molecular complexity index is 2240. The van der Waals surface area contributed by atoms with Gasteiger partial charge in [0.1, 0.15) is 11.6 Å². The number of thioether (sulfide) groups is 1. The Morgan fingerprint density at radius 3 is 1.67 bits per heavy atom. The second kappa shape index (κ2) is 19.4. The van der Waals surface area contributed by atoms with Gasteiger partial charge < -0.3 is 20.1 Å². The molecule has 310 valence electrons. The number of hydrogen-bond acceptors (Lipinski definition) is 7. The Morgan fingerprint density at radius 2 is 1.15 bits per heavy atom. The van der Waals surface area contributed by atoms with Crippen molar-refractivity contribution in [2.24, 2.45) is 0 Å². The molecule has 60 heavy (non-hydrogen) atoms. The van der Waals surface area contributed by atoms with Crippen LogP contribution in [0, 0.1) is 0 Å². The van der Waals surface area contributed by atoms with E-state index in [1.54, 1.807) is 28.8 Å². The number of anilines is 1. The van der Waals surface area contributed by atoms with Gasteiger partial charge in [0.05, 0.1) is 17.9 Å². The quantitative estimate of drug-likeness (QED) is 0.0741. The molecule has 6 aromatic carbocycles. The van der Waals surface area contributed by atoms with Crippen LogP contribution in [0.5, 0.6) is 0 Å². The molecule has 0 radical (unpaired) electrons. The van der Waals surface area contributed by atoms with Crippen molar-refractivity contribution in [2.75, 3.05) is 24.3 Å². The van der Waals surface area contributed by atoms with Crippen LogP contribution in [0.25, 0.3) is 10.8 Å². The van der Waals surface area contributed by atoms with Gasteiger partial charge in [0.15, 0.2) is 0 Å². The lowest BCUT2D eigenvalue weighted by Crippen LogP contribution is -2.55. The maximum atomic E-state index is 14.5. The lowest BCUT2D eigenvalue weighted by atomic mass is 9.84. The largest absolute Gasteiger partial charge is 0.467 e. The smallest absolute Gasteiger partial charge is 0.407 e. The standard InChI is InChI=1S/C51H55N3O5S/c1-49(2,3)59-48(57)53-43(36-60-51(40-25-13-8-14-26-40,41-27-15-9-16-28-41)42-29-17-10-18-30-42)35-52-50(4,5)34-45(47(56)58-6)54(46(55)38-22-11-7-12-23-38)44-32-31-37-21-19-20-24-39(37)33-44/h7-33,43,45,52H,34-36H2,1-6H3,(H,53,57)/t43-,45+/m1/s1. The van der Waals surface area contributed by atoms with E-state index in [1.165, 1.54) is 7.11 Å². The number of nitrogens with one attached hydrogen (secondary N) is 2. The summed E-state index contributed by atoms with van der Waals surface area (Å²) in [5.41, 5.74) is 2.88. The Labute approximate surface area is 358 Å². The molecule has 0 aliphatic carbocycles. The van der Waals surface area contributed by atoms with Gasteiger partial charge in [0.2, 0.25) is 0 Å². The van der Waals surface area contributed by atoms with Crippen molar-refractivity contribution in [1.82, 2.24) is 10.6 Å². The highest BCUT2D eigenvalue weighted by molar-refractivity contribution is 8.00. The van der Waals surface area contributed by atoms with Crippen molar-refractivity contribution in [2.45, 2.75) is 69.0 Å². The summed E-state index contributed by atoms with van der Waals surface area (Å²) in [6.07, 6.45) is -0.333. The molecule has 6 aromatic rings. The fourth-order valence-electron chi connectivity index (χ4n) is 7.48. The third kappa shape index (κ3) is 10.8. The molecular weight excluding hydrogens is 767 g/mol. The molecule has 8 nitrogen and oxygen atoms in total. The molecule has 0 saturated heterocycles. The van der Waals surface area contributed by atoms with Crippen molar-refractivity contribution in [3.8, 4) is 0 Å². The van der Waals surface area contributed by atoms with E-state index in [9.17, 15) is 14.4 Å². The van der Waals surface area contributed by atoms with Crippen molar-refractivity contribution in [3.63, 3.8) is 0 Å². The van der Waals surface area contributed by atoms with Gasteiger partial charge in [-0.25, -0.2) is 9.59 Å². The number of benzene rings is 6. The predicted molar refractivity (Wildman–Crippen MR) is 245 cm³/mol. The molecule has 0 fully saturated rings. The lowest BCUT2D eigenvalue weighted by molar-refractivity contribution is -0.142. The summed E-state index contributed by atoms with van der Waals surface area (Å²) >= 11 is 1.74. The zero-order valence-corrected chi connectivity index (χ0v) is 36.1. The molecule has 6 rings (SSSR count). The fourth-order valence-corrected chi connectivity index (χ4v) is 9.04. The number of rotatable bonds is 16. The topological polar surface area (TPSA) is 97.0 Å². The molecule has 2 N–H and O–H groups in total. The second-order valence-electron chi connectivity index (χ2n) is 16.5. The lowest BCUT2D eigenvalue weighted by Gasteiger charge is -2.38. The normalized spacial score (nSPS) is 12.9. The summed E-state index contributed by atoms with van der Waals surface area (Å²) in [7, 11) is 1.35. The summed E-state index contributed by atoms with van der Waals surface area (Å²) in [4.78, 5) is 43.5. The number of esters is 1. The first kappa shape index (κ1) is 43.7. The highest BCUT2D eigenvalue weighted by Gasteiger charge is 2.40. The number of nitrogens with zero attached hydrogens (tertiary/aromatic N) is 1. The van der Waals surface area contributed by atoms with Gasteiger partial charge in [-0.15, -0.1) is 11.8 Å². The summed E-state index contributed by atoms with van der Waals surface area (Å²) in [5.74, 6) is -0.381. The Hall–Kier alpha value is -5.90. The van der Waals surface area contributed by atoms with Gasteiger partial charge in [-0.3, -0.25) is 9.69 Å². The molecule has 0 heterocycles. The van der Waals surface area contributed by atoms with E-state index < -0.39 is 40.0 Å². The van der Waals surface area contributed by atoms with E-state index in [2.05, 4.69) is 83.4 Å². The van der Waals surface area contributed by atoms with E-state index in [0.29, 0.717) is 23.5 Å². The number of ether oxygens (including phenoxy) is 2. The first-order chi connectivity index (χ1) is 28.8. The van der Waals surface area contributed by atoms with Crippen LogP contribution in [-0.4, -0.2) is 60.6 Å². The maximum Gasteiger partial charge on any atom is 0.407 e.